The maximum absolute atomic E-state index is 13.0. The largest absolute Gasteiger partial charge is 0.337 e. The van der Waals surface area contributed by atoms with Gasteiger partial charge in [-0.1, -0.05) is 36.2 Å². The fourth-order valence-corrected chi connectivity index (χ4v) is 4.35. The first-order chi connectivity index (χ1) is 13.5. The van der Waals surface area contributed by atoms with Gasteiger partial charge in [0.25, 0.3) is 0 Å². The molecule has 0 bridgehead atoms. The number of benzene rings is 1. The number of rotatable bonds is 3. The third-order valence-electron chi connectivity index (χ3n) is 6.28. The van der Waals surface area contributed by atoms with Crippen molar-refractivity contribution in [1.82, 2.24) is 19.8 Å². The predicted octanol–water partition coefficient (Wildman–Crippen LogP) is 3.63. The third kappa shape index (κ3) is 3.81. The van der Waals surface area contributed by atoms with Crippen LogP contribution in [0.1, 0.15) is 66.4 Å². The summed E-state index contributed by atoms with van der Waals surface area (Å²) >= 11 is 0. The van der Waals surface area contributed by atoms with Crippen LogP contribution in [0.3, 0.4) is 0 Å². The number of amides is 1. The van der Waals surface area contributed by atoms with Gasteiger partial charge in [0.05, 0.1) is 17.7 Å². The van der Waals surface area contributed by atoms with Crippen molar-refractivity contribution in [3.8, 4) is 0 Å². The summed E-state index contributed by atoms with van der Waals surface area (Å²) in [6.07, 6.45) is 6.40. The number of fused-ring (bicyclic) bond motifs is 1. The van der Waals surface area contributed by atoms with Crippen molar-refractivity contribution >= 4 is 5.91 Å². The number of carbonyl (C=O) groups excluding carboxylic acids is 1. The molecule has 4 rings (SSSR count). The fraction of sp³-hybridized carbons (Fsp3) is 0.522. The van der Waals surface area contributed by atoms with Crippen LogP contribution in [-0.2, 0) is 17.8 Å². The fourth-order valence-electron chi connectivity index (χ4n) is 4.35. The molecular weight excluding hydrogens is 348 g/mol. The molecule has 1 fully saturated rings. The molecule has 0 radical (unpaired) electrons. The van der Waals surface area contributed by atoms with Crippen molar-refractivity contribution in [2.45, 2.75) is 58.0 Å². The van der Waals surface area contributed by atoms with Gasteiger partial charge >= 0.3 is 0 Å². The van der Waals surface area contributed by atoms with E-state index in [0.29, 0.717) is 12.6 Å². The molecule has 1 amide bonds. The lowest BCUT2D eigenvalue weighted by Gasteiger charge is -2.33. The van der Waals surface area contributed by atoms with Gasteiger partial charge in [-0.2, -0.15) is 0 Å². The summed E-state index contributed by atoms with van der Waals surface area (Å²) in [4.78, 5) is 26.9. The molecule has 0 aliphatic carbocycles. The van der Waals surface area contributed by atoms with Crippen molar-refractivity contribution in [2.75, 3.05) is 20.1 Å². The summed E-state index contributed by atoms with van der Waals surface area (Å²) in [5.41, 5.74) is 4.51. The van der Waals surface area contributed by atoms with E-state index in [1.165, 1.54) is 18.4 Å². The van der Waals surface area contributed by atoms with E-state index >= 15 is 0 Å². The van der Waals surface area contributed by atoms with Gasteiger partial charge in [-0.3, -0.25) is 9.69 Å². The number of hydrogen-bond donors (Lipinski definition) is 0. The van der Waals surface area contributed by atoms with Crippen LogP contribution in [0.25, 0.3) is 0 Å². The highest BCUT2D eigenvalue weighted by atomic mass is 16.2. The van der Waals surface area contributed by atoms with Gasteiger partial charge < -0.3 is 4.90 Å². The summed E-state index contributed by atoms with van der Waals surface area (Å²) in [6.45, 7) is 6.53. The highest BCUT2D eigenvalue weighted by Crippen LogP contribution is 2.29. The summed E-state index contributed by atoms with van der Waals surface area (Å²) in [7, 11) is 2.17. The normalized spacial score (nSPS) is 21.2. The molecule has 2 aromatic rings. The van der Waals surface area contributed by atoms with Gasteiger partial charge in [0, 0.05) is 31.3 Å². The number of nitrogens with zero attached hydrogens (tertiary/aromatic N) is 4. The Morgan fingerprint density at radius 3 is 2.71 bits per heavy atom. The molecule has 2 atom stereocenters. The average molecular weight is 379 g/mol. The first-order valence-corrected chi connectivity index (χ1v) is 10.4. The SMILES string of the molecule is Cc1ccc([C@@H](C)C(=O)N2CCc3nc([C@H]4CCCCN4C)ncc3C2)cc1. The summed E-state index contributed by atoms with van der Waals surface area (Å²) in [5.74, 6) is 1.01. The van der Waals surface area contributed by atoms with Gasteiger partial charge in [-0.15, -0.1) is 0 Å². The first-order valence-electron chi connectivity index (χ1n) is 10.4. The molecule has 5 nitrogen and oxygen atoms in total. The van der Waals surface area contributed by atoms with E-state index in [9.17, 15) is 4.79 Å². The van der Waals surface area contributed by atoms with E-state index in [0.717, 1.165) is 48.6 Å². The average Bonchev–Trinajstić information content (AvgIpc) is 2.73. The Bertz CT molecular complexity index is 848. The van der Waals surface area contributed by atoms with Gasteiger partial charge in [-0.05, 0) is 45.8 Å². The van der Waals surface area contributed by atoms with Crippen molar-refractivity contribution in [1.29, 1.82) is 0 Å². The van der Waals surface area contributed by atoms with Crippen LogP contribution in [0.2, 0.25) is 0 Å². The van der Waals surface area contributed by atoms with Crippen LogP contribution in [0, 0.1) is 6.92 Å². The van der Waals surface area contributed by atoms with Crippen LogP contribution in [0.4, 0.5) is 0 Å². The van der Waals surface area contributed by atoms with Gasteiger partial charge in [0.1, 0.15) is 5.82 Å². The Morgan fingerprint density at radius 2 is 1.96 bits per heavy atom. The van der Waals surface area contributed by atoms with E-state index in [2.05, 4.69) is 48.1 Å². The smallest absolute Gasteiger partial charge is 0.230 e. The van der Waals surface area contributed by atoms with Crippen LogP contribution < -0.4 is 0 Å². The number of hydrogen-bond acceptors (Lipinski definition) is 4. The number of likely N-dealkylation sites (tertiary alicyclic amines) is 1. The molecule has 0 unspecified atom stereocenters. The van der Waals surface area contributed by atoms with Crippen LogP contribution in [0.15, 0.2) is 30.5 Å². The Balaban J connectivity index is 1.47. The minimum Gasteiger partial charge on any atom is -0.337 e. The number of aromatic nitrogens is 2. The molecular formula is C23H30N4O. The molecule has 5 heteroatoms. The second-order valence-electron chi connectivity index (χ2n) is 8.33. The minimum absolute atomic E-state index is 0.127. The second kappa shape index (κ2) is 8.00. The van der Waals surface area contributed by atoms with Crippen molar-refractivity contribution < 1.29 is 4.79 Å². The molecule has 1 saturated heterocycles. The third-order valence-corrected chi connectivity index (χ3v) is 6.28. The zero-order valence-electron chi connectivity index (χ0n) is 17.2. The van der Waals surface area contributed by atoms with E-state index in [1.54, 1.807) is 0 Å². The van der Waals surface area contributed by atoms with E-state index in [1.807, 2.05) is 18.0 Å². The van der Waals surface area contributed by atoms with Crippen molar-refractivity contribution in [3.63, 3.8) is 0 Å². The minimum atomic E-state index is -0.127. The molecule has 148 valence electrons. The highest BCUT2D eigenvalue weighted by Gasteiger charge is 2.28. The number of piperidine rings is 1. The molecule has 0 saturated carbocycles. The van der Waals surface area contributed by atoms with Gasteiger partial charge in [0.15, 0.2) is 0 Å². The van der Waals surface area contributed by atoms with Gasteiger partial charge in [0.2, 0.25) is 5.91 Å². The molecule has 28 heavy (non-hydrogen) atoms. The summed E-state index contributed by atoms with van der Waals surface area (Å²) < 4.78 is 0. The summed E-state index contributed by atoms with van der Waals surface area (Å²) in [6, 6.07) is 8.60. The Kier molecular flexibility index (Phi) is 5.44. The second-order valence-corrected chi connectivity index (χ2v) is 8.33. The molecule has 1 aromatic carbocycles. The monoisotopic (exact) mass is 378 g/mol. The number of aryl methyl sites for hydroxylation is 1. The Labute approximate surface area is 167 Å². The van der Waals surface area contributed by atoms with E-state index < -0.39 is 0 Å². The zero-order valence-corrected chi connectivity index (χ0v) is 17.2. The van der Waals surface area contributed by atoms with Crippen LogP contribution >= 0.6 is 0 Å². The molecule has 0 N–H and O–H groups in total. The predicted molar refractivity (Wildman–Crippen MR) is 110 cm³/mol. The van der Waals surface area contributed by atoms with E-state index in [4.69, 9.17) is 4.98 Å². The lowest BCUT2D eigenvalue weighted by atomic mass is 9.97. The van der Waals surface area contributed by atoms with Crippen molar-refractivity contribution in [2.24, 2.45) is 0 Å². The molecule has 1 aromatic heterocycles. The molecule has 3 heterocycles. The first kappa shape index (κ1) is 19.1. The summed E-state index contributed by atoms with van der Waals surface area (Å²) in [5, 5.41) is 0. The lowest BCUT2D eigenvalue weighted by molar-refractivity contribution is -0.133. The number of carbonyl (C=O) groups is 1. The Morgan fingerprint density at radius 1 is 1.18 bits per heavy atom. The molecule has 2 aliphatic rings. The standard InChI is InChI=1S/C23H30N4O/c1-16-7-9-18(10-8-16)17(2)23(28)27-13-11-20-19(15-27)14-24-22(25-20)21-6-4-5-12-26(21)3/h7-10,14,17,21H,4-6,11-13,15H2,1-3H3/t17-,21-/m1/s1. The van der Waals surface area contributed by atoms with Gasteiger partial charge in [-0.25, -0.2) is 9.97 Å². The Hall–Kier alpha value is -2.27. The quantitative estimate of drug-likeness (QED) is 0.818. The highest BCUT2D eigenvalue weighted by molar-refractivity contribution is 5.83. The maximum atomic E-state index is 13.0. The molecule has 0 spiro atoms. The zero-order chi connectivity index (χ0) is 19.7. The topological polar surface area (TPSA) is 49.3 Å². The van der Waals surface area contributed by atoms with E-state index in [-0.39, 0.29) is 11.8 Å². The maximum Gasteiger partial charge on any atom is 0.230 e. The van der Waals surface area contributed by atoms with Crippen molar-refractivity contribution in [3.05, 3.63) is 58.7 Å². The van der Waals surface area contributed by atoms with Crippen LogP contribution in [-0.4, -0.2) is 45.8 Å². The van der Waals surface area contributed by atoms with Crippen LogP contribution in [0.5, 0.6) is 0 Å². The lowest BCUT2D eigenvalue weighted by Crippen LogP contribution is -2.39. The molecule has 2 aliphatic heterocycles.